The van der Waals surface area contributed by atoms with Crippen LogP contribution in [0.15, 0.2) is 24.1 Å². The molecular weight excluding hydrogens is 366 g/mol. The maximum Gasteiger partial charge on any atom is 0.241 e. The predicted molar refractivity (Wildman–Crippen MR) is 98.5 cm³/mol. The first-order chi connectivity index (χ1) is 11.8. The molecule has 1 amide bonds. The summed E-state index contributed by atoms with van der Waals surface area (Å²) in [6, 6.07) is 3.52. The summed E-state index contributed by atoms with van der Waals surface area (Å²) < 4.78 is 30.1. The Morgan fingerprint density at radius 2 is 2.00 bits per heavy atom. The summed E-state index contributed by atoms with van der Waals surface area (Å²) >= 11 is 6.07. The molecule has 1 fully saturated rings. The lowest BCUT2D eigenvalue weighted by Gasteiger charge is -2.33. The Hall–Kier alpha value is -1.77. The van der Waals surface area contributed by atoms with Crippen molar-refractivity contribution in [2.45, 2.75) is 6.92 Å². The number of carbonyl (C=O) groups excluding carboxylic acids is 1. The Balaban J connectivity index is 1.94. The van der Waals surface area contributed by atoms with Gasteiger partial charge >= 0.3 is 0 Å². The van der Waals surface area contributed by atoms with E-state index in [0.29, 0.717) is 29.5 Å². The quantitative estimate of drug-likeness (QED) is 0.803. The van der Waals surface area contributed by atoms with Crippen LogP contribution in [0.5, 0.6) is 5.75 Å². The van der Waals surface area contributed by atoms with Crippen molar-refractivity contribution in [3.05, 3.63) is 34.7 Å². The molecule has 0 aromatic heterocycles. The second-order valence-electron chi connectivity index (χ2n) is 5.65. The van der Waals surface area contributed by atoms with E-state index in [1.165, 1.54) is 11.4 Å². The number of nitrogens with one attached hydrogen (secondary N) is 1. The van der Waals surface area contributed by atoms with Crippen molar-refractivity contribution in [1.82, 2.24) is 9.21 Å². The van der Waals surface area contributed by atoms with Crippen molar-refractivity contribution < 1.29 is 17.9 Å². The topological polar surface area (TPSA) is 79.0 Å². The van der Waals surface area contributed by atoms with Crippen molar-refractivity contribution in [2.75, 3.05) is 45.2 Å². The van der Waals surface area contributed by atoms with Gasteiger partial charge in [-0.25, -0.2) is 8.42 Å². The van der Waals surface area contributed by atoms with Crippen molar-refractivity contribution in [3.8, 4) is 5.75 Å². The van der Waals surface area contributed by atoms with Gasteiger partial charge in [-0.15, -0.1) is 0 Å². The number of carbonyl (C=O) groups is 1. The summed E-state index contributed by atoms with van der Waals surface area (Å²) in [5.41, 5.74) is 1.56. The summed E-state index contributed by atoms with van der Waals surface area (Å²) in [5, 5.41) is 4.58. The molecule has 1 saturated heterocycles. The minimum atomic E-state index is -3.43. The molecule has 0 spiro atoms. The zero-order valence-corrected chi connectivity index (χ0v) is 15.9. The number of anilines is 1. The van der Waals surface area contributed by atoms with Gasteiger partial charge < -0.3 is 15.0 Å². The third kappa shape index (κ3) is 4.65. The van der Waals surface area contributed by atoms with E-state index < -0.39 is 10.0 Å². The average Bonchev–Trinajstić information content (AvgIpc) is 2.62. The van der Waals surface area contributed by atoms with Crippen LogP contribution in [0.1, 0.15) is 5.56 Å². The van der Waals surface area contributed by atoms with E-state index in [2.05, 4.69) is 11.9 Å². The molecule has 1 aromatic rings. The number of aryl methyl sites for hydroxylation is 1. The number of hydrogen-bond acceptors (Lipinski definition) is 5. The highest BCUT2D eigenvalue weighted by molar-refractivity contribution is 7.92. The molecule has 0 radical (unpaired) electrons. The molecule has 9 heteroatoms. The van der Waals surface area contributed by atoms with E-state index in [4.69, 9.17) is 16.3 Å². The van der Waals surface area contributed by atoms with Crippen LogP contribution in [0.2, 0.25) is 5.02 Å². The number of piperazine rings is 1. The zero-order chi connectivity index (χ0) is 18.6. The Morgan fingerprint density at radius 3 is 2.56 bits per heavy atom. The lowest BCUT2D eigenvalue weighted by molar-refractivity contribution is -0.130. The van der Waals surface area contributed by atoms with Crippen LogP contribution < -0.4 is 10.1 Å². The van der Waals surface area contributed by atoms with Gasteiger partial charge in [0, 0.05) is 42.7 Å². The van der Waals surface area contributed by atoms with Gasteiger partial charge in [-0.1, -0.05) is 18.2 Å². The van der Waals surface area contributed by atoms with Gasteiger partial charge in [-0.3, -0.25) is 4.79 Å². The maximum atomic E-state index is 12.4. The fourth-order valence-electron chi connectivity index (χ4n) is 2.55. The van der Waals surface area contributed by atoms with Crippen molar-refractivity contribution in [2.24, 2.45) is 0 Å². The van der Waals surface area contributed by atoms with Gasteiger partial charge in [-0.05, 0) is 18.6 Å². The first kappa shape index (κ1) is 19.6. The molecule has 138 valence electrons. The monoisotopic (exact) mass is 387 g/mol. The summed E-state index contributed by atoms with van der Waals surface area (Å²) in [5.74, 6) is 0.454. The third-order valence-electron chi connectivity index (χ3n) is 4.07. The van der Waals surface area contributed by atoms with Crippen molar-refractivity contribution in [3.63, 3.8) is 0 Å². The second-order valence-corrected chi connectivity index (χ2v) is 7.93. The Kier molecular flexibility index (Phi) is 6.31. The number of hydrogen-bond donors (Lipinski definition) is 1. The number of halogens is 1. The van der Waals surface area contributed by atoms with Crippen LogP contribution in [0.3, 0.4) is 0 Å². The van der Waals surface area contributed by atoms with Crippen LogP contribution in [-0.4, -0.2) is 63.4 Å². The molecule has 1 aliphatic heterocycles. The van der Waals surface area contributed by atoms with Crippen LogP contribution in [0.25, 0.3) is 0 Å². The number of benzene rings is 1. The molecule has 25 heavy (non-hydrogen) atoms. The highest BCUT2D eigenvalue weighted by Gasteiger charge is 2.26. The molecule has 1 N–H and O–H groups in total. The van der Waals surface area contributed by atoms with Gasteiger partial charge in [-0.2, -0.15) is 4.31 Å². The fourth-order valence-corrected chi connectivity index (χ4v) is 3.59. The number of amides is 1. The number of sulfonamides is 1. The van der Waals surface area contributed by atoms with Gasteiger partial charge in [0.25, 0.3) is 0 Å². The standard InChI is InChI=1S/C16H22ClN3O4S/c1-4-25(22,23)20-7-5-19(6-8-20)16(21)11-18-14-9-12(2)13(17)10-15(14)24-3/h4,9-10,18H,1,5-8,11H2,2-3H3. The van der Waals surface area contributed by atoms with E-state index in [1.54, 1.807) is 11.0 Å². The molecule has 0 aliphatic carbocycles. The van der Waals surface area contributed by atoms with E-state index in [1.807, 2.05) is 13.0 Å². The molecule has 0 bridgehead atoms. The predicted octanol–water partition coefficient (Wildman–Crippen LogP) is 1.69. The summed E-state index contributed by atoms with van der Waals surface area (Å²) in [4.78, 5) is 14.0. The number of ether oxygens (including phenoxy) is 1. The molecular formula is C16H22ClN3O4S. The average molecular weight is 388 g/mol. The minimum absolute atomic E-state index is 0.0889. The highest BCUT2D eigenvalue weighted by Crippen LogP contribution is 2.30. The van der Waals surface area contributed by atoms with Gasteiger partial charge in [0.1, 0.15) is 5.75 Å². The van der Waals surface area contributed by atoms with E-state index >= 15 is 0 Å². The van der Waals surface area contributed by atoms with Gasteiger partial charge in [0.05, 0.1) is 19.3 Å². The smallest absolute Gasteiger partial charge is 0.241 e. The highest BCUT2D eigenvalue weighted by atomic mass is 35.5. The van der Waals surface area contributed by atoms with E-state index in [0.717, 1.165) is 11.0 Å². The second kappa shape index (κ2) is 8.07. The minimum Gasteiger partial charge on any atom is -0.495 e. The first-order valence-corrected chi connectivity index (χ1v) is 9.65. The normalized spacial score (nSPS) is 15.7. The fraction of sp³-hybridized carbons (Fsp3) is 0.438. The molecule has 0 saturated carbocycles. The first-order valence-electron chi connectivity index (χ1n) is 7.77. The number of rotatable bonds is 6. The summed E-state index contributed by atoms with van der Waals surface area (Å²) in [6.07, 6.45) is 0. The Morgan fingerprint density at radius 1 is 1.36 bits per heavy atom. The molecule has 2 rings (SSSR count). The lowest BCUT2D eigenvalue weighted by atomic mass is 10.2. The summed E-state index contributed by atoms with van der Waals surface area (Å²) in [6.45, 7) is 6.51. The molecule has 1 heterocycles. The number of nitrogens with zero attached hydrogens (tertiary/aromatic N) is 2. The molecule has 1 aromatic carbocycles. The lowest BCUT2D eigenvalue weighted by Crippen LogP contribution is -2.51. The molecule has 0 unspecified atom stereocenters. The van der Waals surface area contributed by atoms with Crippen molar-refractivity contribution >= 4 is 33.2 Å². The zero-order valence-electron chi connectivity index (χ0n) is 14.3. The Labute approximate surface area is 153 Å². The molecule has 0 atom stereocenters. The van der Waals surface area contributed by atoms with Crippen LogP contribution in [0.4, 0.5) is 5.69 Å². The largest absolute Gasteiger partial charge is 0.495 e. The number of methoxy groups -OCH3 is 1. The van der Waals surface area contributed by atoms with Gasteiger partial charge in [0.2, 0.25) is 15.9 Å². The summed E-state index contributed by atoms with van der Waals surface area (Å²) in [7, 11) is -1.89. The van der Waals surface area contributed by atoms with Crippen LogP contribution in [-0.2, 0) is 14.8 Å². The van der Waals surface area contributed by atoms with Gasteiger partial charge in [0.15, 0.2) is 0 Å². The molecule has 7 nitrogen and oxygen atoms in total. The maximum absolute atomic E-state index is 12.4. The molecule has 1 aliphatic rings. The Bertz CT molecular complexity index is 759. The SMILES string of the molecule is C=CS(=O)(=O)N1CCN(C(=O)CNc2cc(C)c(Cl)cc2OC)CC1. The van der Waals surface area contributed by atoms with Crippen LogP contribution in [0, 0.1) is 6.92 Å². The third-order valence-corrected chi connectivity index (χ3v) is 5.99. The van der Waals surface area contributed by atoms with E-state index in [9.17, 15) is 13.2 Å². The van der Waals surface area contributed by atoms with Crippen LogP contribution >= 0.6 is 11.6 Å². The van der Waals surface area contributed by atoms with Crippen molar-refractivity contribution in [1.29, 1.82) is 0 Å². The van der Waals surface area contributed by atoms with E-state index in [-0.39, 0.29) is 25.5 Å².